The van der Waals surface area contributed by atoms with Gasteiger partial charge in [-0.1, -0.05) is 134 Å². The van der Waals surface area contributed by atoms with Gasteiger partial charge >= 0.3 is 0 Å². The molecule has 0 saturated carbocycles. The predicted molar refractivity (Wildman–Crippen MR) is 175 cm³/mol. The van der Waals surface area contributed by atoms with Gasteiger partial charge in [0.15, 0.2) is 0 Å². The molecule has 0 spiro atoms. The van der Waals surface area contributed by atoms with E-state index >= 15 is 0 Å². The third-order valence-corrected chi connectivity index (χ3v) is 7.67. The van der Waals surface area contributed by atoms with Gasteiger partial charge in [-0.15, -0.1) is 6.58 Å². The largest absolute Gasteiger partial charge is 0.374 e. The van der Waals surface area contributed by atoms with Crippen LogP contribution in [0.4, 0.5) is 0 Å². The summed E-state index contributed by atoms with van der Waals surface area (Å²) in [7, 11) is 0. The Morgan fingerprint density at radius 3 is 1.49 bits per heavy atom. The van der Waals surface area contributed by atoms with E-state index in [2.05, 4.69) is 13.2 Å². The van der Waals surface area contributed by atoms with Crippen LogP contribution in [0.5, 0.6) is 0 Å². The van der Waals surface area contributed by atoms with Crippen LogP contribution < -0.4 is 0 Å². The third-order valence-electron chi connectivity index (χ3n) is 7.67. The van der Waals surface area contributed by atoms with Crippen LogP contribution in [0, 0.1) is 0 Å². The van der Waals surface area contributed by atoms with Crippen molar-refractivity contribution in [3.05, 3.63) is 169 Å². The van der Waals surface area contributed by atoms with E-state index in [1.165, 1.54) is 0 Å². The molecule has 1 saturated heterocycles. The topological polar surface area (TPSA) is 55.4 Å². The van der Waals surface area contributed by atoms with E-state index in [-0.39, 0.29) is 13.2 Å². The van der Waals surface area contributed by atoms with Gasteiger partial charge in [0.05, 0.1) is 39.6 Å². The highest BCUT2D eigenvalue weighted by Crippen LogP contribution is 2.39. The molecule has 1 fully saturated rings. The van der Waals surface area contributed by atoms with Crippen LogP contribution >= 0.6 is 0 Å². The molecule has 6 heteroatoms. The van der Waals surface area contributed by atoms with Gasteiger partial charge in [-0.2, -0.15) is 0 Å². The second-order valence-corrected chi connectivity index (χ2v) is 10.9. The fourth-order valence-electron chi connectivity index (χ4n) is 5.40. The fourth-order valence-corrected chi connectivity index (χ4v) is 5.40. The smallest absolute Gasteiger partial charge is 0.218 e. The van der Waals surface area contributed by atoms with Crippen LogP contribution in [0.25, 0.3) is 0 Å². The normalized spacial score (nSPS) is 22.9. The van der Waals surface area contributed by atoms with Gasteiger partial charge < -0.3 is 28.4 Å². The van der Waals surface area contributed by atoms with E-state index in [0.29, 0.717) is 26.4 Å². The van der Waals surface area contributed by atoms with Gasteiger partial charge in [0.2, 0.25) is 5.79 Å². The zero-order valence-corrected chi connectivity index (χ0v) is 25.6. The molecule has 5 rings (SSSR count). The molecular weight excluding hydrogens is 564 g/mol. The minimum absolute atomic E-state index is 0.218. The van der Waals surface area contributed by atoms with Crippen LogP contribution in [0.15, 0.2) is 147 Å². The molecule has 0 amide bonds. The molecule has 234 valence electrons. The molecule has 5 atom stereocenters. The van der Waals surface area contributed by atoms with Crippen LogP contribution in [0.2, 0.25) is 0 Å². The highest BCUT2D eigenvalue weighted by Gasteiger charge is 2.56. The summed E-state index contributed by atoms with van der Waals surface area (Å²) in [6.07, 6.45) is 0.859. The van der Waals surface area contributed by atoms with Crippen molar-refractivity contribution in [3.8, 4) is 0 Å². The van der Waals surface area contributed by atoms with Gasteiger partial charge in [-0.3, -0.25) is 0 Å². The SMILES string of the molecule is C=CCO[C@@]1(C=C)O[C@H](COCc2ccccc2)[C@@H](OCc2ccccc2)[C@H](OCc2ccccc2)[C@H]1OCc1ccccc1. The number of hydrogen-bond donors (Lipinski definition) is 0. The Bertz CT molecular complexity index is 1420. The van der Waals surface area contributed by atoms with Gasteiger partial charge in [0, 0.05) is 0 Å². The number of ether oxygens (including phenoxy) is 6. The van der Waals surface area contributed by atoms with Crippen molar-refractivity contribution in [2.75, 3.05) is 13.2 Å². The Morgan fingerprint density at radius 1 is 0.578 bits per heavy atom. The summed E-state index contributed by atoms with van der Waals surface area (Å²) in [6.45, 7) is 9.90. The van der Waals surface area contributed by atoms with Crippen LogP contribution in [-0.2, 0) is 54.8 Å². The maximum Gasteiger partial charge on any atom is 0.218 e. The van der Waals surface area contributed by atoms with E-state index in [9.17, 15) is 0 Å². The van der Waals surface area contributed by atoms with E-state index in [4.69, 9.17) is 28.4 Å². The zero-order chi connectivity index (χ0) is 31.2. The molecule has 0 bridgehead atoms. The quantitative estimate of drug-likeness (QED) is 0.117. The summed E-state index contributed by atoms with van der Waals surface area (Å²) in [6, 6.07) is 40.2. The lowest BCUT2D eigenvalue weighted by atomic mass is 9.91. The van der Waals surface area contributed by atoms with Gasteiger partial charge in [0.1, 0.15) is 24.4 Å². The molecular formula is C39H42O6. The first-order valence-corrected chi connectivity index (χ1v) is 15.4. The van der Waals surface area contributed by atoms with Gasteiger partial charge in [-0.25, -0.2) is 0 Å². The fraction of sp³-hybridized carbons (Fsp3) is 0.282. The molecule has 1 aliphatic heterocycles. The van der Waals surface area contributed by atoms with Gasteiger partial charge in [-0.05, 0) is 28.3 Å². The Kier molecular flexibility index (Phi) is 12.3. The minimum Gasteiger partial charge on any atom is -0.374 e. The average molecular weight is 607 g/mol. The Balaban J connectivity index is 1.48. The van der Waals surface area contributed by atoms with Crippen molar-refractivity contribution in [3.63, 3.8) is 0 Å². The van der Waals surface area contributed by atoms with Crippen molar-refractivity contribution in [2.24, 2.45) is 0 Å². The van der Waals surface area contributed by atoms with Crippen LogP contribution in [0.3, 0.4) is 0 Å². The molecule has 4 aromatic rings. The van der Waals surface area contributed by atoms with E-state index in [1.54, 1.807) is 12.2 Å². The van der Waals surface area contributed by atoms with Gasteiger partial charge in [0.25, 0.3) is 0 Å². The van der Waals surface area contributed by atoms with Crippen molar-refractivity contribution in [1.82, 2.24) is 0 Å². The molecule has 0 unspecified atom stereocenters. The molecule has 0 aliphatic carbocycles. The Labute approximate surface area is 266 Å². The summed E-state index contributed by atoms with van der Waals surface area (Å²) in [5.74, 6) is -1.36. The van der Waals surface area contributed by atoms with Crippen LogP contribution in [0.1, 0.15) is 22.3 Å². The molecule has 45 heavy (non-hydrogen) atoms. The van der Waals surface area contributed by atoms with E-state index < -0.39 is 30.2 Å². The highest BCUT2D eigenvalue weighted by atomic mass is 16.7. The standard InChI is InChI=1S/C39H42O6/c1-3-25-44-39(4-2)38(43-29-34-23-15-8-16-24-34)37(42-28-33-21-13-7-14-22-33)36(41-27-32-19-11-6-12-20-32)35(45-39)30-40-26-31-17-9-5-10-18-31/h3-24,35-38H,1-2,25-30H2/t35-,36-,37+,38-,39+/m1/s1. The third kappa shape index (κ3) is 9.08. The molecule has 4 aromatic carbocycles. The predicted octanol–water partition coefficient (Wildman–Crippen LogP) is 7.44. The summed E-state index contributed by atoms with van der Waals surface area (Å²) in [5, 5.41) is 0. The minimum atomic E-state index is -1.36. The van der Waals surface area contributed by atoms with Crippen molar-refractivity contribution < 1.29 is 28.4 Å². The van der Waals surface area contributed by atoms with Crippen molar-refractivity contribution >= 4 is 0 Å². The molecule has 0 radical (unpaired) electrons. The summed E-state index contributed by atoms with van der Waals surface area (Å²) in [4.78, 5) is 0. The highest BCUT2D eigenvalue weighted by molar-refractivity contribution is 5.17. The maximum atomic E-state index is 6.80. The average Bonchev–Trinajstić information content (AvgIpc) is 3.10. The Hall–Kier alpha value is -3.88. The molecule has 6 nitrogen and oxygen atoms in total. The monoisotopic (exact) mass is 606 g/mol. The summed E-state index contributed by atoms with van der Waals surface area (Å²) < 4.78 is 39.6. The lowest BCUT2D eigenvalue weighted by Crippen LogP contribution is -2.67. The summed E-state index contributed by atoms with van der Waals surface area (Å²) >= 11 is 0. The molecule has 1 heterocycles. The molecule has 0 N–H and O–H groups in total. The van der Waals surface area contributed by atoms with Crippen molar-refractivity contribution in [1.29, 1.82) is 0 Å². The second-order valence-electron chi connectivity index (χ2n) is 10.9. The maximum absolute atomic E-state index is 6.80. The lowest BCUT2D eigenvalue weighted by molar-refractivity contribution is -0.361. The lowest BCUT2D eigenvalue weighted by Gasteiger charge is -2.51. The Morgan fingerprint density at radius 2 is 1.02 bits per heavy atom. The number of rotatable bonds is 17. The first-order valence-electron chi connectivity index (χ1n) is 15.4. The number of benzene rings is 4. The number of hydrogen-bond acceptors (Lipinski definition) is 6. The summed E-state index contributed by atoms with van der Waals surface area (Å²) in [5.41, 5.74) is 4.14. The first-order chi connectivity index (χ1) is 22.2. The zero-order valence-electron chi connectivity index (χ0n) is 25.6. The van der Waals surface area contributed by atoms with E-state index in [1.807, 2.05) is 121 Å². The van der Waals surface area contributed by atoms with E-state index in [0.717, 1.165) is 22.3 Å². The van der Waals surface area contributed by atoms with Crippen LogP contribution in [-0.4, -0.2) is 43.4 Å². The molecule has 0 aromatic heterocycles. The molecule has 1 aliphatic rings. The first kappa shape index (κ1) is 32.5. The second kappa shape index (κ2) is 17.0. The van der Waals surface area contributed by atoms with Crippen molar-refractivity contribution in [2.45, 2.75) is 56.6 Å².